The normalized spacial score (nSPS) is 11.2. The number of alkyl halides is 1. The van der Waals surface area contributed by atoms with E-state index in [2.05, 4.69) is 27.5 Å². The van der Waals surface area contributed by atoms with Crippen molar-refractivity contribution in [2.45, 2.75) is 26.8 Å². The number of hydrogen-bond acceptors (Lipinski definition) is 3. The fraction of sp³-hybridized carbons (Fsp3) is 0.312. The Kier molecular flexibility index (Phi) is 3.88. The average molecular weight is 301 g/mol. The zero-order chi connectivity index (χ0) is 14.8. The van der Waals surface area contributed by atoms with Crippen molar-refractivity contribution in [1.82, 2.24) is 19.5 Å². The lowest BCUT2D eigenvalue weighted by atomic mass is 10.2. The fourth-order valence-electron chi connectivity index (χ4n) is 2.40. The highest BCUT2D eigenvalue weighted by molar-refractivity contribution is 6.17. The van der Waals surface area contributed by atoms with Crippen molar-refractivity contribution in [3.8, 4) is 0 Å². The molecule has 0 aliphatic rings. The monoisotopic (exact) mass is 300 g/mol. The SMILES string of the molecule is Cc1ccc(Cn2c(CCCl)nc3c(C)ccnc32)cn1. The lowest BCUT2D eigenvalue weighted by molar-refractivity contribution is 0.744. The van der Waals surface area contributed by atoms with Gasteiger partial charge in [0.1, 0.15) is 11.3 Å². The van der Waals surface area contributed by atoms with Gasteiger partial charge in [0.05, 0.1) is 6.54 Å². The number of pyridine rings is 2. The van der Waals surface area contributed by atoms with E-state index in [1.165, 1.54) is 0 Å². The molecule has 0 atom stereocenters. The molecule has 0 aliphatic carbocycles. The molecule has 4 nitrogen and oxygen atoms in total. The van der Waals surface area contributed by atoms with Crippen molar-refractivity contribution in [2.24, 2.45) is 0 Å². The Morgan fingerprint density at radius 3 is 2.71 bits per heavy atom. The van der Waals surface area contributed by atoms with Gasteiger partial charge in [-0.2, -0.15) is 0 Å². The average Bonchev–Trinajstić information content (AvgIpc) is 2.82. The Morgan fingerprint density at radius 2 is 2.00 bits per heavy atom. The number of aromatic nitrogens is 4. The molecule has 0 spiro atoms. The van der Waals surface area contributed by atoms with Gasteiger partial charge in [-0.3, -0.25) is 4.98 Å². The van der Waals surface area contributed by atoms with Crippen molar-refractivity contribution < 1.29 is 0 Å². The van der Waals surface area contributed by atoms with E-state index in [9.17, 15) is 0 Å². The Labute approximate surface area is 128 Å². The van der Waals surface area contributed by atoms with Crippen LogP contribution in [0.3, 0.4) is 0 Å². The van der Waals surface area contributed by atoms with E-state index in [1.54, 1.807) is 0 Å². The molecule has 21 heavy (non-hydrogen) atoms. The van der Waals surface area contributed by atoms with Crippen molar-refractivity contribution in [3.05, 3.63) is 53.2 Å². The lowest BCUT2D eigenvalue weighted by Crippen LogP contribution is -2.07. The van der Waals surface area contributed by atoms with Crippen LogP contribution in [0.5, 0.6) is 0 Å². The summed E-state index contributed by atoms with van der Waals surface area (Å²) in [4.78, 5) is 13.6. The Bertz CT molecular complexity index is 762. The highest BCUT2D eigenvalue weighted by Gasteiger charge is 2.13. The maximum Gasteiger partial charge on any atom is 0.160 e. The third-order valence-corrected chi connectivity index (χ3v) is 3.74. The summed E-state index contributed by atoms with van der Waals surface area (Å²) < 4.78 is 2.14. The van der Waals surface area contributed by atoms with Gasteiger partial charge in [0, 0.05) is 30.4 Å². The number of hydrogen-bond donors (Lipinski definition) is 0. The van der Waals surface area contributed by atoms with Crippen LogP contribution in [-0.4, -0.2) is 25.4 Å². The van der Waals surface area contributed by atoms with Crippen LogP contribution in [0.15, 0.2) is 30.6 Å². The zero-order valence-electron chi connectivity index (χ0n) is 12.2. The summed E-state index contributed by atoms with van der Waals surface area (Å²) in [6.45, 7) is 4.76. The molecule has 0 unspecified atom stereocenters. The first kappa shape index (κ1) is 14.0. The smallest absolute Gasteiger partial charge is 0.160 e. The second-order valence-electron chi connectivity index (χ2n) is 5.16. The predicted octanol–water partition coefficient (Wildman–Crippen LogP) is 3.27. The second kappa shape index (κ2) is 5.82. The van der Waals surface area contributed by atoms with E-state index in [1.807, 2.05) is 31.5 Å². The fourth-order valence-corrected chi connectivity index (χ4v) is 2.57. The molecular formula is C16H17ClN4. The van der Waals surface area contributed by atoms with Crippen LogP contribution in [0, 0.1) is 13.8 Å². The topological polar surface area (TPSA) is 43.6 Å². The molecule has 0 bridgehead atoms. The Morgan fingerprint density at radius 1 is 1.14 bits per heavy atom. The number of aryl methyl sites for hydroxylation is 3. The third kappa shape index (κ3) is 2.76. The number of imidazole rings is 1. The highest BCUT2D eigenvalue weighted by Crippen LogP contribution is 2.19. The molecule has 108 valence electrons. The van der Waals surface area contributed by atoms with Crippen LogP contribution in [-0.2, 0) is 13.0 Å². The van der Waals surface area contributed by atoms with E-state index in [-0.39, 0.29) is 0 Å². The molecule has 3 rings (SSSR count). The minimum atomic E-state index is 0.550. The Balaban J connectivity index is 2.08. The van der Waals surface area contributed by atoms with Gasteiger partial charge >= 0.3 is 0 Å². The van der Waals surface area contributed by atoms with Gasteiger partial charge in [0.25, 0.3) is 0 Å². The van der Waals surface area contributed by atoms with Crippen LogP contribution < -0.4 is 0 Å². The van der Waals surface area contributed by atoms with Gasteiger partial charge in [-0.15, -0.1) is 11.6 Å². The molecule has 0 saturated carbocycles. The molecule has 3 heterocycles. The summed E-state index contributed by atoms with van der Waals surface area (Å²) in [5.74, 6) is 1.52. The van der Waals surface area contributed by atoms with Crippen LogP contribution in [0.25, 0.3) is 11.2 Å². The highest BCUT2D eigenvalue weighted by atomic mass is 35.5. The summed E-state index contributed by atoms with van der Waals surface area (Å²) in [6.07, 6.45) is 4.46. The van der Waals surface area contributed by atoms with Crippen LogP contribution in [0.1, 0.15) is 22.6 Å². The molecule has 0 amide bonds. The molecule has 0 radical (unpaired) electrons. The van der Waals surface area contributed by atoms with Gasteiger partial charge in [-0.25, -0.2) is 9.97 Å². The number of nitrogens with zero attached hydrogens (tertiary/aromatic N) is 4. The summed E-state index contributed by atoms with van der Waals surface area (Å²) in [5, 5.41) is 0. The lowest BCUT2D eigenvalue weighted by Gasteiger charge is -2.08. The largest absolute Gasteiger partial charge is 0.308 e. The maximum atomic E-state index is 5.91. The van der Waals surface area contributed by atoms with Gasteiger partial charge in [-0.05, 0) is 37.1 Å². The molecule has 0 N–H and O–H groups in total. The molecule has 0 aliphatic heterocycles. The quantitative estimate of drug-likeness (QED) is 0.695. The van der Waals surface area contributed by atoms with Crippen molar-refractivity contribution in [1.29, 1.82) is 0 Å². The standard InChI is InChI=1S/C16H17ClN4/c1-11-6-8-18-16-15(11)20-14(5-7-17)21(16)10-13-4-3-12(2)19-9-13/h3-4,6,8-9H,5,7,10H2,1-2H3. The van der Waals surface area contributed by atoms with Crippen LogP contribution in [0.4, 0.5) is 0 Å². The molecule has 3 aromatic rings. The Hall–Kier alpha value is -1.94. The van der Waals surface area contributed by atoms with Gasteiger partial charge in [0.2, 0.25) is 0 Å². The van der Waals surface area contributed by atoms with Crippen LogP contribution in [0.2, 0.25) is 0 Å². The number of fused-ring (bicyclic) bond motifs is 1. The maximum absolute atomic E-state index is 5.91. The molecule has 0 saturated heterocycles. The van der Waals surface area contributed by atoms with Crippen molar-refractivity contribution in [2.75, 3.05) is 5.88 Å². The summed E-state index contributed by atoms with van der Waals surface area (Å²) >= 11 is 5.91. The molecule has 5 heteroatoms. The number of halogens is 1. The minimum absolute atomic E-state index is 0.550. The summed E-state index contributed by atoms with van der Waals surface area (Å²) in [5.41, 5.74) is 5.16. The molecule has 0 fully saturated rings. The van der Waals surface area contributed by atoms with Crippen LogP contribution >= 0.6 is 11.6 Å². The van der Waals surface area contributed by atoms with E-state index >= 15 is 0 Å². The summed E-state index contributed by atoms with van der Waals surface area (Å²) in [6, 6.07) is 6.10. The van der Waals surface area contributed by atoms with Crippen molar-refractivity contribution >= 4 is 22.8 Å². The third-order valence-electron chi connectivity index (χ3n) is 3.55. The van der Waals surface area contributed by atoms with E-state index in [4.69, 9.17) is 16.6 Å². The molecular weight excluding hydrogens is 284 g/mol. The predicted molar refractivity (Wildman–Crippen MR) is 84.8 cm³/mol. The molecule has 0 aromatic carbocycles. The van der Waals surface area contributed by atoms with Crippen molar-refractivity contribution in [3.63, 3.8) is 0 Å². The second-order valence-corrected chi connectivity index (χ2v) is 5.54. The first-order valence-electron chi connectivity index (χ1n) is 6.97. The number of rotatable bonds is 4. The minimum Gasteiger partial charge on any atom is -0.308 e. The van der Waals surface area contributed by atoms with Gasteiger partial charge < -0.3 is 4.57 Å². The first-order valence-corrected chi connectivity index (χ1v) is 7.50. The van der Waals surface area contributed by atoms with E-state index in [0.29, 0.717) is 12.4 Å². The first-order chi connectivity index (χ1) is 10.2. The summed E-state index contributed by atoms with van der Waals surface area (Å²) in [7, 11) is 0. The van der Waals surface area contributed by atoms with Gasteiger partial charge in [-0.1, -0.05) is 6.07 Å². The van der Waals surface area contributed by atoms with Gasteiger partial charge in [0.15, 0.2) is 5.65 Å². The molecule has 3 aromatic heterocycles. The van der Waals surface area contributed by atoms with E-state index in [0.717, 1.165) is 40.2 Å². The zero-order valence-corrected chi connectivity index (χ0v) is 12.9. The van der Waals surface area contributed by atoms with E-state index < -0.39 is 0 Å².